The normalized spacial score (nSPS) is 30.7. The lowest BCUT2D eigenvalue weighted by Gasteiger charge is -2.55. The number of nitrogens with one attached hydrogen (secondary N) is 3. The fourth-order valence-electron chi connectivity index (χ4n) is 5.22. The van der Waals surface area contributed by atoms with Crippen LogP contribution in [0.3, 0.4) is 0 Å². The fourth-order valence-corrected chi connectivity index (χ4v) is 5.22. The Morgan fingerprint density at radius 1 is 1.30 bits per heavy atom. The van der Waals surface area contributed by atoms with Gasteiger partial charge >= 0.3 is 0 Å². The first-order chi connectivity index (χ1) is 13.3. The van der Waals surface area contributed by atoms with Crippen molar-refractivity contribution in [3.05, 3.63) is 18.1 Å². The summed E-state index contributed by atoms with van der Waals surface area (Å²) < 4.78 is 1.42. The molecule has 0 aromatic carbocycles. The number of carbonyl (C=O) groups is 1. The van der Waals surface area contributed by atoms with E-state index in [-0.39, 0.29) is 5.91 Å². The summed E-state index contributed by atoms with van der Waals surface area (Å²) in [6.45, 7) is 4.00. The first-order valence-corrected chi connectivity index (χ1v) is 9.82. The van der Waals surface area contributed by atoms with Crippen LogP contribution in [0.4, 0.5) is 0 Å². The number of nitrogens with zero attached hydrogens (tertiary/aromatic N) is 6. The molecule has 3 aliphatic heterocycles. The molecule has 27 heavy (non-hydrogen) atoms. The Hall–Kier alpha value is -2.33. The lowest BCUT2D eigenvalue weighted by Crippen LogP contribution is -2.65. The van der Waals surface area contributed by atoms with E-state index in [2.05, 4.69) is 41.3 Å². The van der Waals surface area contributed by atoms with Crippen molar-refractivity contribution >= 4 is 5.91 Å². The van der Waals surface area contributed by atoms with Crippen LogP contribution >= 0.6 is 0 Å². The molecule has 2 bridgehead atoms. The van der Waals surface area contributed by atoms with E-state index in [0.717, 1.165) is 25.6 Å². The molecule has 3 N–H and O–H groups in total. The van der Waals surface area contributed by atoms with E-state index in [1.807, 2.05) is 0 Å². The van der Waals surface area contributed by atoms with Crippen LogP contribution in [0.2, 0.25) is 0 Å². The van der Waals surface area contributed by atoms with Crippen molar-refractivity contribution in [3.63, 3.8) is 0 Å². The fraction of sp³-hybridized carbons (Fsp3) is 0.706. The quantitative estimate of drug-likeness (QED) is 0.668. The molecule has 5 heterocycles. The largest absolute Gasteiger partial charge is 0.350 e. The van der Waals surface area contributed by atoms with Crippen LogP contribution in [0, 0.1) is 11.8 Å². The van der Waals surface area contributed by atoms with Crippen LogP contribution in [0.25, 0.3) is 5.82 Å². The molecule has 144 valence electrons. The Labute approximate surface area is 157 Å². The molecule has 0 aliphatic carbocycles. The van der Waals surface area contributed by atoms with Crippen molar-refractivity contribution in [2.75, 3.05) is 26.2 Å². The number of amides is 1. The van der Waals surface area contributed by atoms with Crippen molar-refractivity contribution < 1.29 is 4.79 Å². The van der Waals surface area contributed by atoms with Gasteiger partial charge < -0.3 is 10.6 Å². The number of piperidine rings is 3. The highest BCUT2D eigenvalue weighted by molar-refractivity contribution is 5.96. The van der Waals surface area contributed by atoms with Crippen LogP contribution in [0.5, 0.6) is 0 Å². The SMILES string of the molecule is O=C(NC[C@H]1[C@@H]2CNC[C@@H](C2)[C@@H]2CCCCN21)c1cn[nH]c1-n1cnnn1. The molecule has 0 saturated carbocycles. The Balaban J connectivity index is 1.30. The minimum absolute atomic E-state index is 0.145. The minimum atomic E-state index is -0.145. The summed E-state index contributed by atoms with van der Waals surface area (Å²) in [5, 5.41) is 24.6. The van der Waals surface area contributed by atoms with E-state index in [1.165, 1.54) is 42.9 Å². The van der Waals surface area contributed by atoms with E-state index in [4.69, 9.17) is 0 Å². The molecule has 2 aromatic rings. The predicted octanol–water partition coefficient (Wildman–Crippen LogP) is -0.422. The molecule has 0 spiro atoms. The standard InChI is InChI=1S/C17H25N9O/c27-17(13-8-20-22-16(13)26-10-21-23-24-26)19-9-15-12-5-11(6-18-7-12)14-3-1-2-4-25(14)15/h8,10-12,14-15,18H,1-7,9H2,(H,19,27)(H,20,22)/t11-,12+,14+,15+/m1/s1. The highest BCUT2D eigenvalue weighted by Gasteiger charge is 2.45. The molecule has 10 nitrogen and oxygen atoms in total. The maximum Gasteiger partial charge on any atom is 0.256 e. The average molecular weight is 371 g/mol. The molecular weight excluding hydrogens is 346 g/mol. The number of H-pyrrole nitrogens is 1. The third-order valence-electron chi connectivity index (χ3n) is 6.44. The van der Waals surface area contributed by atoms with Gasteiger partial charge in [0, 0.05) is 18.6 Å². The zero-order chi connectivity index (χ0) is 18.2. The van der Waals surface area contributed by atoms with Gasteiger partial charge in [-0.15, -0.1) is 5.10 Å². The Morgan fingerprint density at radius 3 is 3.11 bits per heavy atom. The van der Waals surface area contributed by atoms with Gasteiger partial charge in [-0.2, -0.15) is 9.78 Å². The van der Waals surface area contributed by atoms with Crippen LogP contribution in [0.1, 0.15) is 36.0 Å². The number of rotatable bonds is 4. The highest BCUT2D eigenvalue weighted by atomic mass is 16.1. The Bertz CT molecular complexity index is 788. The van der Waals surface area contributed by atoms with Gasteiger partial charge in [0.05, 0.1) is 6.20 Å². The summed E-state index contributed by atoms with van der Waals surface area (Å²) in [6, 6.07) is 1.06. The second kappa shape index (κ2) is 7.01. The molecule has 3 saturated heterocycles. The second-order valence-corrected chi connectivity index (χ2v) is 7.88. The first-order valence-electron chi connectivity index (χ1n) is 9.82. The lowest BCUT2D eigenvalue weighted by atomic mass is 9.73. The first kappa shape index (κ1) is 16.8. The van der Waals surface area contributed by atoms with Crippen LogP contribution < -0.4 is 10.6 Å². The predicted molar refractivity (Wildman–Crippen MR) is 96.2 cm³/mol. The molecule has 1 amide bonds. The molecular formula is C17H25N9O. The molecule has 3 aliphatic rings. The number of aromatic amines is 1. The average Bonchev–Trinajstić information content (AvgIpc) is 3.39. The molecule has 4 atom stereocenters. The van der Waals surface area contributed by atoms with Crippen molar-refractivity contribution in [2.45, 2.75) is 37.8 Å². The summed E-state index contributed by atoms with van der Waals surface area (Å²) in [6.07, 6.45) is 8.11. The zero-order valence-corrected chi connectivity index (χ0v) is 15.2. The summed E-state index contributed by atoms with van der Waals surface area (Å²) in [4.78, 5) is 15.5. The van der Waals surface area contributed by atoms with E-state index in [0.29, 0.717) is 35.9 Å². The number of tetrazole rings is 1. The van der Waals surface area contributed by atoms with Crippen LogP contribution in [-0.4, -0.2) is 79.5 Å². The zero-order valence-electron chi connectivity index (χ0n) is 15.2. The summed E-state index contributed by atoms with van der Waals surface area (Å²) >= 11 is 0. The second-order valence-electron chi connectivity index (χ2n) is 7.88. The van der Waals surface area contributed by atoms with Crippen molar-refractivity contribution in [2.24, 2.45) is 11.8 Å². The number of aromatic nitrogens is 6. The molecule has 10 heteroatoms. The molecule has 5 rings (SSSR count). The summed E-state index contributed by atoms with van der Waals surface area (Å²) in [7, 11) is 0. The van der Waals surface area contributed by atoms with Gasteiger partial charge in [0.15, 0.2) is 5.82 Å². The number of hydrogen-bond donors (Lipinski definition) is 3. The molecule has 0 unspecified atom stereocenters. The van der Waals surface area contributed by atoms with Gasteiger partial charge in [0.1, 0.15) is 11.9 Å². The molecule has 0 radical (unpaired) electrons. The van der Waals surface area contributed by atoms with Crippen molar-refractivity contribution in [1.82, 2.24) is 45.9 Å². The van der Waals surface area contributed by atoms with Crippen LogP contribution in [-0.2, 0) is 0 Å². The number of hydrogen-bond acceptors (Lipinski definition) is 7. The molecule has 2 aromatic heterocycles. The smallest absolute Gasteiger partial charge is 0.256 e. The van der Waals surface area contributed by atoms with Gasteiger partial charge in [0.25, 0.3) is 5.91 Å². The van der Waals surface area contributed by atoms with Gasteiger partial charge in [-0.3, -0.25) is 14.8 Å². The van der Waals surface area contributed by atoms with E-state index >= 15 is 0 Å². The van der Waals surface area contributed by atoms with Gasteiger partial charge in [0.2, 0.25) is 0 Å². The topological polar surface area (TPSA) is 117 Å². The minimum Gasteiger partial charge on any atom is -0.350 e. The third-order valence-corrected chi connectivity index (χ3v) is 6.44. The Morgan fingerprint density at radius 2 is 2.22 bits per heavy atom. The maximum atomic E-state index is 12.8. The Kier molecular flexibility index (Phi) is 4.36. The highest BCUT2D eigenvalue weighted by Crippen LogP contribution is 2.38. The monoisotopic (exact) mass is 371 g/mol. The maximum absolute atomic E-state index is 12.8. The summed E-state index contributed by atoms with van der Waals surface area (Å²) in [5.74, 6) is 1.70. The van der Waals surface area contributed by atoms with Crippen molar-refractivity contribution in [3.8, 4) is 5.82 Å². The molecule has 3 fully saturated rings. The van der Waals surface area contributed by atoms with Gasteiger partial charge in [-0.25, -0.2) is 0 Å². The van der Waals surface area contributed by atoms with Gasteiger partial charge in [-0.1, -0.05) is 6.42 Å². The van der Waals surface area contributed by atoms with Crippen molar-refractivity contribution in [1.29, 1.82) is 0 Å². The van der Waals surface area contributed by atoms with Gasteiger partial charge in [-0.05, 0) is 61.2 Å². The van der Waals surface area contributed by atoms with E-state index in [9.17, 15) is 4.79 Å². The number of carbonyl (C=O) groups excluding carboxylic acids is 1. The summed E-state index contributed by atoms with van der Waals surface area (Å²) in [5.41, 5.74) is 0.452. The third kappa shape index (κ3) is 3.02. The van der Waals surface area contributed by atoms with Crippen LogP contribution in [0.15, 0.2) is 12.5 Å². The van der Waals surface area contributed by atoms with E-state index in [1.54, 1.807) is 0 Å². The number of fused-ring (bicyclic) bond motifs is 4. The van der Waals surface area contributed by atoms with E-state index < -0.39 is 0 Å². The lowest BCUT2D eigenvalue weighted by molar-refractivity contribution is -0.0371.